The fourth-order valence-corrected chi connectivity index (χ4v) is 3.25. The zero-order chi connectivity index (χ0) is 22.9. The lowest BCUT2D eigenvalue weighted by molar-refractivity contribution is -0.137. The summed E-state index contributed by atoms with van der Waals surface area (Å²) < 4.78 is 57.6. The van der Waals surface area contributed by atoms with Crippen LogP contribution in [-0.4, -0.2) is 25.6 Å². The summed E-state index contributed by atoms with van der Waals surface area (Å²) in [6.07, 6.45) is -3.09. The SMILES string of the molecule is CN=C1c2ccoc2NCN1c1ccc(NC(=O)Nc2cc(C(F)(F)F)ccc2F)cc1. The molecular weight excluding hydrogens is 430 g/mol. The number of fused-ring (bicyclic) bond motifs is 1. The van der Waals surface area contributed by atoms with Gasteiger partial charge in [-0.1, -0.05) is 0 Å². The van der Waals surface area contributed by atoms with Gasteiger partial charge in [0.25, 0.3) is 0 Å². The summed E-state index contributed by atoms with van der Waals surface area (Å²) in [7, 11) is 1.66. The van der Waals surface area contributed by atoms with E-state index in [9.17, 15) is 22.4 Å². The number of rotatable bonds is 3. The fourth-order valence-electron chi connectivity index (χ4n) is 3.25. The molecule has 4 rings (SSSR count). The van der Waals surface area contributed by atoms with Crippen LogP contribution in [0.4, 0.5) is 45.3 Å². The third-order valence-corrected chi connectivity index (χ3v) is 4.75. The molecule has 2 heterocycles. The normalized spacial score (nSPS) is 14.7. The second kappa shape index (κ2) is 8.25. The average Bonchev–Trinajstić information content (AvgIpc) is 3.23. The highest BCUT2D eigenvalue weighted by atomic mass is 19.4. The average molecular weight is 447 g/mol. The first kappa shape index (κ1) is 21.2. The van der Waals surface area contributed by atoms with Crippen molar-refractivity contribution < 1.29 is 26.8 Å². The minimum absolute atomic E-state index is 0.364. The number of urea groups is 1. The molecule has 11 heteroatoms. The molecule has 3 N–H and O–H groups in total. The van der Waals surface area contributed by atoms with E-state index in [2.05, 4.69) is 20.9 Å². The first-order chi connectivity index (χ1) is 15.3. The third kappa shape index (κ3) is 4.22. The molecule has 0 saturated heterocycles. The molecule has 32 heavy (non-hydrogen) atoms. The maximum atomic E-state index is 13.8. The Morgan fingerprint density at radius 3 is 2.56 bits per heavy atom. The topological polar surface area (TPSA) is 81.9 Å². The summed E-state index contributed by atoms with van der Waals surface area (Å²) in [5.74, 6) is 0.343. The summed E-state index contributed by atoms with van der Waals surface area (Å²) in [5, 5.41) is 7.70. The first-order valence-corrected chi connectivity index (χ1v) is 9.37. The minimum atomic E-state index is -4.66. The Hall–Kier alpha value is -4.02. The van der Waals surface area contributed by atoms with Gasteiger partial charge in [0, 0.05) is 18.4 Å². The number of nitrogens with one attached hydrogen (secondary N) is 3. The number of alkyl halides is 3. The molecule has 2 aromatic carbocycles. The quantitative estimate of drug-likeness (QED) is 0.473. The first-order valence-electron chi connectivity index (χ1n) is 9.37. The zero-order valence-electron chi connectivity index (χ0n) is 16.6. The van der Waals surface area contributed by atoms with Gasteiger partial charge in [-0.3, -0.25) is 4.99 Å². The molecule has 0 spiro atoms. The van der Waals surface area contributed by atoms with Gasteiger partial charge in [-0.2, -0.15) is 13.2 Å². The summed E-state index contributed by atoms with van der Waals surface area (Å²) in [6, 6.07) is 9.39. The van der Waals surface area contributed by atoms with Crippen LogP contribution >= 0.6 is 0 Å². The van der Waals surface area contributed by atoms with E-state index in [1.165, 1.54) is 0 Å². The van der Waals surface area contributed by atoms with Gasteiger partial charge in [0.2, 0.25) is 5.88 Å². The standard InChI is InChI=1S/C21H17F4N5O2/c1-26-18-15-8-9-32-19(15)27-11-30(18)14-5-3-13(4-6-14)28-20(31)29-17-10-12(21(23,24)25)2-7-16(17)22/h2-10,27H,11H2,1H3,(H2,28,29,31). The molecular formula is C21H17F4N5O2. The summed E-state index contributed by atoms with van der Waals surface area (Å²) in [6.45, 7) is 0.412. The number of anilines is 4. The lowest BCUT2D eigenvalue weighted by Crippen LogP contribution is -2.40. The van der Waals surface area contributed by atoms with Crippen molar-refractivity contribution in [1.29, 1.82) is 0 Å². The van der Waals surface area contributed by atoms with Crippen molar-refractivity contribution in [1.82, 2.24) is 0 Å². The number of amides is 2. The number of carbonyl (C=O) groups is 1. The number of hydrogen-bond donors (Lipinski definition) is 3. The maximum absolute atomic E-state index is 13.8. The van der Waals surface area contributed by atoms with Crippen LogP contribution < -0.4 is 20.9 Å². The molecule has 0 fully saturated rings. The molecule has 0 bridgehead atoms. The van der Waals surface area contributed by atoms with E-state index >= 15 is 0 Å². The Labute approximate surface area is 179 Å². The summed E-state index contributed by atoms with van der Waals surface area (Å²) in [4.78, 5) is 18.4. The molecule has 0 atom stereocenters. The van der Waals surface area contributed by atoms with Crippen molar-refractivity contribution in [3.05, 3.63) is 71.7 Å². The monoisotopic (exact) mass is 447 g/mol. The van der Waals surface area contributed by atoms with Gasteiger partial charge in [0.05, 0.1) is 29.7 Å². The van der Waals surface area contributed by atoms with E-state index in [1.54, 1.807) is 43.6 Å². The van der Waals surface area contributed by atoms with Gasteiger partial charge in [-0.15, -0.1) is 0 Å². The Bertz CT molecular complexity index is 1170. The van der Waals surface area contributed by atoms with Gasteiger partial charge >= 0.3 is 12.2 Å². The molecule has 0 radical (unpaired) electrons. The number of aliphatic imine (C=N–C) groups is 1. The highest BCUT2D eigenvalue weighted by molar-refractivity contribution is 6.14. The largest absolute Gasteiger partial charge is 0.448 e. The predicted molar refractivity (Wildman–Crippen MR) is 113 cm³/mol. The fraction of sp³-hybridized carbons (Fsp3) is 0.143. The van der Waals surface area contributed by atoms with Crippen molar-refractivity contribution in [3.63, 3.8) is 0 Å². The predicted octanol–water partition coefficient (Wildman–Crippen LogP) is 5.35. The molecule has 166 valence electrons. The van der Waals surface area contributed by atoms with Crippen LogP contribution in [0.5, 0.6) is 0 Å². The van der Waals surface area contributed by atoms with E-state index < -0.39 is 29.3 Å². The van der Waals surface area contributed by atoms with Crippen LogP contribution in [0, 0.1) is 5.82 Å². The highest BCUT2D eigenvalue weighted by Crippen LogP contribution is 2.32. The summed E-state index contributed by atoms with van der Waals surface area (Å²) >= 11 is 0. The van der Waals surface area contributed by atoms with Crippen LogP contribution in [0.3, 0.4) is 0 Å². The smallest absolute Gasteiger partial charge is 0.416 e. The molecule has 3 aromatic rings. The van der Waals surface area contributed by atoms with Gasteiger partial charge in [-0.05, 0) is 48.5 Å². The van der Waals surface area contributed by atoms with Crippen LogP contribution in [0.15, 0.2) is 64.2 Å². The lowest BCUT2D eigenvalue weighted by atomic mass is 10.2. The van der Waals surface area contributed by atoms with Crippen LogP contribution in [0.25, 0.3) is 0 Å². The third-order valence-electron chi connectivity index (χ3n) is 4.75. The Morgan fingerprint density at radius 2 is 1.88 bits per heavy atom. The Morgan fingerprint density at radius 1 is 1.12 bits per heavy atom. The molecule has 1 aliphatic heterocycles. The Kier molecular flexibility index (Phi) is 5.47. The van der Waals surface area contributed by atoms with Crippen LogP contribution in [0.1, 0.15) is 11.1 Å². The second-order valence-electron chi connectivity index (χ2n) is 6.79. The van der Waals surface area contributed by atoms with Gasteiger partial charge in [0.1, 0.15) is 11.7 Å². The number of nitrogens with zero attached hydrogens (tertiary/aromatic N) is 2. The molecule has 2 amide bonds. The van der Waals surface area contributed by atoms with Crippen LogP contribution in [0.2, 0.25) is 0 Å². The maximum Gasteiger partial charge on any atom is 0.416 e. The molecule has 7 nitrogen and oxygen atoms in total. The van der Waals surface area contributed by atoms with Gasteiger partial charge in [-0.25, -0.2) is 9.18 Å². The van der Waals surface area contributed by atoms with E-state index in [0.29, 0.717) is 42.3 Å². The molecule has 1 aliphatic rings. The number of halogens is 4. The lowest BCUT2D eigenvalue weighted by Gasteiger charge is -2.30. The minimum Gasteiger partial charge on any atom is -0.448 e. The van der Waals surface area contributed by atoms with Crippen molar-refractivity contribution in [2.75, 3.05) is 34.6 Å². The van der Waals surface area contributed by atoms with Gasteiger partial charge in [0.15, 0.2) is 0 Å². The molecule has 0 saturated carbocycles. The number of benzene rings is 2. The number of hydrogen-bond acceptors (Lipinski definition) is 4. The van der Waals surface area contributed by atoms with Gasteiger partial charge < -0.3 is 25.3 Å². The number of carbonyl (C=O) groups excluding carboxylic acids is 1. The Balaban J connectivity index is 1.45. The van der Waals surface area contributed by atoms with Crippen LogP contribution in [-0.2, 0) is 6.18 Å². The molecule has 0 aliphatic carbocycles. The molecule has 1 aromatic heterocycles. The zero-order valence-corrected chi connectivity index (χ0v) is 16.6. The summed E-state index contributed by atoms with van der Waals surface area (Å²) in [5.41, 5.74) is 0.307. The van der Waals surface area contributed by atoms with Crippen molar-refractivity contribution in [2.45, 2.75) is 6.18 Å². The van der Waals surface area contributed by atoms with E-state index in [4.69, 9.17) is 4.42 Å². The second-order valence-corrected chi connectivity index (χ2v) is 6.79. The number of amidine groups is 1. The van der Waals surface area contributed by atoms with E-state index in [-0.39, 0.29) is 0 Å². The van der Waals surface area contributed by atoms with Crippen molar-refractivity contribution in [2.24, 2.45) is 4.99 Å². The highest BCUT2D eigenvalue weighted by Gasteiger charge is 2.31. The molecule has 0 unspecified atom stereocenters. The van der Waals surface area contributed by atoms with Crippen molar-refractivity contribution >= 4 is 34.8 Å². The van der Waals surface area contributed by atoms with E-state index in [1.807, 2.05) is 4.90 Å². The number of furan rings is 1. The van der Waals surface area contributed by atoms with E-state index in [0.717, 1.165) is 11.3 Å². The van der Waals surface area contributed by atoms with Crippen molar-refractivity contribution in [3.8, 4) is 0 Å².